The van der Waals surface area contributed by atoms with E-state index in [0.717, 1.165) is 24.4 Å². The first kappa shape index (κ1) is 14.0. The number of rotatable bonds is 8. The zero-order valence-electron chi connectivity index (χ0n) is 10.2. The van der Waals surface area contributed by atoms with E-state index in [-0.39, 0.29) is 0 Å². The highest BCUT2D eigenvalue weighted by molar-refractivity contribution is 7.98. The minimum absolute atomic E-state index is 0.323. The van der Waals surface area contributed by atoms with Crippen LogP contribution in [0.15, 0.2) is 24.3 Å². The number of ether oxygens (including phenoxy) is 1. The molecule has 92 valence electrons. The molecule has 0 aromatic heterocycles. The predicted molar refractivity (Wildman–Crippen MR) is 75.5 cm³/mol. The summed E-state index contributed by atoms with van der Waals surface area (Å²) in [7, 11) is 0. The van der Waals surface area contributed by atoms with E-state index in [1.54, 1.807) is 0 Å². The number of terminal acetylenes is 1. The Morgan fingerprint density at radius 2 is 2.24 bits per heavy atom. The highest BCUT2D eigenvalue weighted by Gasteiger charge is 2.01. The van der Waals surface area contributed by atoms with Gasteiger partial charge in [0.15, 0.2) is 0 Å². The molecule has 1 N–H and O–H groups in total. The smallest absolute Gasteiger partial charge is 0.148 e. The molecule has 0 fully saturated rings. The fraction of sp³-hybridized carbons (Fsp3) is 0.429. The highest BCUT2D eigenvalue weighted by Crippen LogP contribution is 2.17. The summed E-state index contributed by atoms with van der Waals surface area (Å²) >= 11 is 1.88. The summed E-state index contributed by atoms with van der Waals surface area (Å²) in [6.45, 7) is 2.18. The molecule has 0 unspecified atom stereocenters. The van der Waals surface area contributed by atoms with Gasteiger partial charge in [-0.05, 0) is 31.0 Å². The van der Waals surface area contributed by atoms with E-state index in [9.17, 15) is 0 Å². The Kier molecular flexibility index (Phi) is 7.37. The maximum Gasteiger partial charge on any atom is 0.148 e. The molecule has 1 aromatic rings. The Hall–Kier alpha value is -1.11. The fourth-order valence-corrected chi connectivity index (χ4v) is 1.91. The van der Waals surface area contributed by atoms with E-state index >= 15 is 0 Å². The van der Waals surface area contributed by atoms with Crippen molar-refractivity contribution in [1.82, 2.24) is 5.32 Å². The van der Waals surface area contributed by atoms with Gasteiger partial charge < -0.3 is 10.1 Å². The number of hydrogen-bond donors (Lipinski definition) is 1. The summed E-state index contributed by atoms with van der Waals surface area (Å²) in [6.07, 6.45) is 8.51. The Labute approximate surface area is 108 Å². The van der Waals surface area contributed by atoms with Crippen LogP contribution in [0.4, 0.5) is 0 Å². The summed E-state index contributed by atoms with van der Waals surface area (Å²) in [5.41, 5.74) is 1.16. The van der Waals surface area contributed by atoms with Crippen LogP contribution in [-0.4, -0.2) is 25.2 Å². The minimum Gasteiger partial charge on any atom is -0.481 e. The Morgan fingerprint density at radius 1 is 1.41 bits per heavy atom. The molecule has 0 spiro atoms. The first-order valence-corrected chi connectivity index (χ1v) is 7.11. The van der Waals surface area contributed by atoms with Crippen LogP contribution in [0, 0.1) is 12.3 Å². The van der Waals surface area contributed by atoms with Crippen molar-refractivity contribution < 1.29 is 4.74 Å². The van der Waals surface area contributed by atoms with E-state index in [1.807, 2.05) is 30.0 Å². The molecule has 1 rings (SSSR count). The quantitative estimate of drug-likeness (QED) is 0.565. The van der Waals surface area contributed by atoms with Gasteiger partial charge in [-0.3, -0.25) is 0 Å². The predicted octanol–water partition coefficient (Wildman–Crippen LogP) is 2.54. The molecule has 0 saturated carbocycles. The van der Waals surface area contributed by atoms with Gasteiger partial charge in [0.25, 0.3) is 0 Å². The maximum absolute atomic E-state index is 5.48. The van der Waals surface area contributed by atoms with E-state index < -0.39 is 0 Å². The van der Waals surface area contributed by atoms with Crippen LogP contribution >= 0.6 is 11.8 Å². The monoisotopic (exact) mass is 249 g/mol. The summed E-state index contributed by atoms with van der Waals surface area (Å²) in [5, 5.41) is 3.41. The number of para-hydroxylation sites is 1. The van der Waals surface area contributed by atoms with Crippen LogP contribution < -0.4 is 10.1 Å². The molecule has 2 nitrogen and oxygen atoms in total. The van der Waals surface area contributed by atoms with Crippen molar-refractivity contribution in [2.75, 3.05) is 25.2 Å². The highest BCUT2D eigenvalue weighted by atomic mass is 32.2. The van der Waals surface area contributed by atoms with Crippen molar-refractivity contribution in [3.63, 3.8) is 0 Å². The Bertz CT molecular complexity index is 359. The van der Waals surface area contributed by atoms with Crippen LogP contribution in [0.2, 0.25) is 0 Å². The van der Waals surface area contributed by atoms with Crippen molar-refractivity contribution >= 4 is 11.8 Å². The van der Waals surface area contributed by atoms with Gasteiger partial charge in [-0.15, -0.1) is 6.42 Å². The van der Waals surface area contributed by atoms with E-state index in [4.69, 9.17) is 11.2 Å². The van der Waals surface area contributed by atoms with Crippen LogP contribution in [0.3, 0.4) is 0 Å². The molecule has 17 heavy (non-hydrogen) atoms. The van der Waals surface area contributed by atoms with Gasteiger partial charge in [0.05, 0.1) is 0 Å². The zero-order chi connectivity index (χ0) is 12.3. The average Bonchev–Trinajstić information content (AvgIpc) is 2.37. The van der Waals surface area contributed by atoms with Gasteiger partial charge in [-0.2, -0.15) is 11.8 Å². The fourth-order valence-electron chi connectivity index (χ4n) is 1.47. The standard InChI is InChI=1S/C14H19NOS/c1-3-10-16-14-8-5-4-7-13(14)12-15-9-6-11-17-2/h1,4-5,7-8,15H,6,9-12H2,2H3. The largest absolute Gasteiger partial charge is 0.481 e. The molecule has 3 heteroatoms. The molecule has 0 amide bonds. The third kappa shape index (κ3) is 5.67. The second-order valence-electron chi connectivity index (χ2n) is 3.62. The normalized spacial score (nSPS) is 9.88. The lowest BCUT2D eigenvalue weighted by atomic mass is 10.2. The topological polar surface area (TPSA) is 21.3 Å². The molecule has 1 aromatic carbocycles. The molecule has 0 aliphatic carbocycles. The van der Waals surface area contributed by atoms with Crippen LogP contribution in [0.25, 0.3) is 0 Å². The molecular weight excluding hydrogens is 230 g/mol. The van der Waals surface area contributed by atoms with E-state index in [1.165, 1.54) is 12.2 Å². The molecule has 0 aliphatic heterocycles. The van der Waals surface area contributed by atoms with Gasteiger partial charge in [0.2, 0.25) is 0 Å². The van der Waals surface area contributed by atoms with Gasteiger partial charge in [-0.25, -0.2) is 0 Å². The first-order valence-electron chi connectivity index (χ1n) is 5.72. The Balaban J connectivity index is 2.38. The third-order valence-electron chi connectivity index (χ3n) is 2.30. The second kappa shape index (κ2) is 8.98. The van der Waals surface area contributed by atoms with Crippen LogP contribution in [-0.2, 0) is 6.54 Å². The molecular formula is C14H19NOS. The van der Waals surface area contributed by atoms with E-state index in [0.29, 0.717) is 6.61 Å². The lowest BCUT2D eigenvalue weighted by molar-refractivity contribution is 0.365. The van der Waals surface area contributed by atoms with Gasteiger partial charge >= 0.3 is 0 Å². The number of nitrogens with one attached hydrogen (secondary N) is 1. The maximum atomic E-state index is 5.48. The minimum atomic E-state index is 0.323. The molecule has 0 saturated heterocycles. The SMILES string of the molecule is C#CCOc1ccccc1CNCCCSC. The summed E-state index contributed by atoms with van der Waals surface area (Å²) < 4.78 is 5.48. The lowest BCUT2D eigenvalue weighted by Crippen LogP contribution is -2.16. The zero-order valence-corrected chi connectivity index (χ0v) is 11.1. The number of thioether (sulfide) groups is 1. The van der Waals surface area contributed by atoms with E-state index in [2.05, 4.69) is 23.6 Å². The summed E-state index contributed by atoms with van der Waals surface area (Å²) in [5.74, 6) is 4.56. The Morgan fingerprint density at radius 3 is 3.00 bits per heavy atom. The van der Waals surface area contributed by atoms with Crippen molar-refractivity contribution in [3.05, 3.63) is 29.8 Å². The van der Waals surface area contributed by atoms with Crippen molar-refractivity contribution in [2.45, 2.75) is 13.0 Å². The third-order valence-corrected chi connectivity index (χ3v) is 3.00. The molecule has 0 radical (unpaired) electrons. The van der Waals surface area contributed by atoms with Crippen molar-refractivity contribution in [1.29, 1.82) is 0 Å². The summed E-state index contributed by atoms with van der Waals surface area (Å²) in [4.78, 5) is 0. The average molecular weight is 249 g/mol. The number of hydrogen-bond acceptors (Lipinski definition) is 3. The molecule has 0 aliphatic rings. The van der Waals surface area contributed by atoms with Crippen LogP contribution in [0.5, 0.6) is 5.75 Å². The lowest BCUT2D eigenvalue weighted by Gasteiger charge is -2.10. The second-order valence-corrected chi connectivity index (χ2v) is 4.61. The van der Waals surface area contributed by atoms with Gasteiger partial charge in [0.1, 0.15) is 12.4 Å². The molecule has 0 bridgehead atoms. The summed E-state index contributed by atoms with van der Waals surface area (Å²) in [6, 6.07) is 7.99. The van der Waals surface area contributed by atoms with Gasteiger partial charge in [-0.1, -0.05) is 24.1 Å². The molecule has 0 atom stereocenters. The number of benzene rings is 1. The first-order chi connectivity index (χ1) is 8.38. The molecule has 0 heterocycles. The van der Waals surface area contributed by atoms with Crippen molar-refractivity contribution in [3.8, 4) is 18.1 Å². The van der Waals surface area contributed by atoms with Gasteiger partial charge in [0, 0.05) is 12.1 Å². The van der Waals surface area contributed by atoms with Crippen LogP contribution in [0.1, 0.15) is 12.0 Å². The van der Waals surface area contributed by atoms with Crippen molar-refractivity contribution in [2.24, 2.45) is 0 Å².